The molecular weight excluding hydrogens is 462 g/mol. The number of nitrogens with one attached hydrogen (secondary N) is 2. The van der Waals surface area contributed by atoms with Crippen molar-refractivity contribution in [3.8, 4) is 0 Å². The number of carbonyl (C=O) groups is 3. The predicted octanol–water partition coefficient (Wildman–Crippen LogP) is -0.0580. The summed E-state index contributed by atoms with van der Waals surface area (Å²) in [6.07, 6.45) is 3.61. The molecule has 4 rings (SSSR count). The number of nitrogens with two attached hydrogens (primary N) is 1. The van der Waals surface area contributed by atoms with Crippen LogP contribution in [0.1, 0.15) is 39.5 Å². The fourth-order valence-corrected chi connectivity index (χ4v) is 5.64. The summed E-state index contributed by atoms with van der Waals surface area (Å²) in [4.78, 5) is 41.0. The Kier molecular flexibility index (Phi) is 6.15. The van der Waals surface area contributed by atoms with E-state index < -0.39 is 33.7 Å². The average molecular weight is 488 g/mol. The van der Waals surface area contributed by atoms with E-state index in [-0.39, 0.29) is 36.5 Å². The molecule has 34 heavy (non-hydrogen) atoms. The van der Waals surface area contributed by atoms with E-state index in [9.17, 15) is 22.8 Å². The molecule has 0 bridgehead atoms. The molecule has 0 unspecified atom stereocenters. The summed E-state index contributed by atoms with van der Waals surface area (Å²) in [5, 5.41) is 0. The van der Waals surface area contributed by atoms with E-state index in [2.05, 4.69) is 15.8 Å². The molecule has 4 heterocycles. The number of carbonyl (C=O) groups excluding carboxylic acids is 3. The van der Waals surface area contributed by atoms with Crippen LogP contribution in [0.4, 0.5) is 0 Å². The number of amides is 3. The minimum absolute atomic E-state index is 0.0256. The first-order valence-corrected chi connectivity index (χ1v) is 12.0. The molecule has 13 heteroatoms. The minimum Gasteiger partial charge on any atom is -0.364 e. The molecule has 0 atom stereocenters. The highest BCUT2D eigenvalue weighted by molar-refractivity contribution is 7.89. The van der Waals surface area contributed by atoms with Crippen LogP contribution in [0.2, 0.25) is 0 Å². The number of aromatic nitrogens is 3. The summed E-state index contributed by atoms with van der Waals surface area (Å²) in [6.45, 7) is 1.96. The highest BCUT2D eigenvalue weighted by Crippen LogP contribution is 2.25. The molecule has 3 amide bonds. The third kappa shape index (κ3) is 4.26. The fraction of sp³-hybridized carbons (Fsp3) is 0.333. The Morgan fingerprint density at radius 3 is 2.50 bits per heavy atom. The largest absolute Gasteiger partial charge is 0.364 e. The molecule has 3 aromatic rings. The van der Waals surface area contributed by atoms with E-state index in [1.807, 2.05) is 6.07 Å². The second kappa shape index (κ2) is 8.91. The quantitative estimate of drug-likeness (QED) is 0.427. The average Bonchev–Trinajstić information content (AvgIpc) is 3.37. The fourth-order valence-electron chi connectivity index (χ4n) is 4.09. The first-order chi connectivity index (χ1) is 16.1. The van der Waals surface area contributed by atoms with Gasteiger partial charge in [-0.05, 0) is 38.0 Å². The number of aryl methyl sites for hydroxylation is 2. The van der Waals surface area contributed by atoms with Gasteiger partial charge in [-0.25, -0.2) is 13.4 Å². The van der Waals surface area contributed by atoms with E-state index in [0.717, 1.165) is 0 Å². The number of fused-ring (bicyclic) bond motifs is 1. The molecule has 0 aliphatic carbocycles. The van der Waals surface area contributed by atoms with Gasteiger partial charge in [0, 0.05) is 38.4 Å². The number of primary amides is 1. The minimum atomic E-state index is -3.83. The monoisotopic (exact) mass is 487 g/mol. The molecule has 1 saturated heterocycles. The third-order valence-corrected chi connectivity index (χ3v) is 7.78. The molecule has 0 aromatic carbocycles. The van der Waals surface area contributed by atoms with Crippen LogP contribution in [-0.4, -0.2) is 57.5 Å². The summed E-state index contributed by atoms with van der Waals surface area (Å²) >= 11 is 0. The van der Waals surface area contributed by atoms with Gasteiger partial charge in [0.15, 0.2) is 0 Å². The molecule has 1 fully saturated rings. The van der Waals surface area contributed by atoms with Crippen LogP contribution in [0.15, 0.2) is 41.6 Å². The molecule has 0 saturated carbocycles. The molecule has 0 spiro atoms. The van der Waals surface area contributed by atoms with Gasteiger partial charge >= 0.3 is 0 Å². The van der Waals surface area contributed by atoms with Gasteiger partial charge in [-0.2, -0.15) is 4.31 Å². The molecular formula is C21H25N7O5S. The van der Waals surface area contributed by atoms with Crippen LogP contribution in [0.3, 0.4) is 0 Å². The number of hydrogen-bond donors (Lipinski definition) is 3. The Morgan fingerprint density at radius 2 is 1.85 bits per heavy atom. The lowest BCUT2D eigenvalue weighted by molar-refractivity contribution is -0.126. The van der Waals surface area contributed by atoms with Crippen molar-refractivity contribution in [3.05, 3.63) is 53.7 Å². The van der Waals surface area contributed by atoms with Crippen molar-refractivity contribution >= 4 is 33.4 Å². The highest BCUT2D eigenvalue weighted by atomic mass is 32.2. The van der Waals surface area contributed by atoms with Gasteiger partial charge in [0.05, 0.1) is 5.69 Å². The smallest absolute Gasteiger partial charge is 0.288 e. The lowest BCUT2D eigenvalue weighted by atomic mass is 9.98. The SMILES string of the molecule is Cc1nc2ccccn2c1C(=O)NNC(=O)C1CCN(S(=O)(=O)c2cc(C(N)=O)n(C)c2)CC1. The zero-order valence-corrected chi connectivity index (χ0v) is 19.5. The van der Waals surface area contributed by atoms with Crippen molar-refractivity contribution in [2.75, 3.05) is 13.1 Å². The maximum absolute atomic E-state index is 12.9. The predicted molar refractivity (Wildman–Crippen MR) is 121 cm³/mol. The van der Waals surface area contributed by atoms with Crippen LogP contribution in [0.25, 0.3) is 5.65 Å². The van der Waals surface area contributed by atoms with Gasteiger partial charge in [-0.15, -0.1) is 0 Å². The van der Waals surface area contributed by atoms with Crippen molar-refractivity contribution in [3.63, 3.8) is 0 Å². The molecule has 1 aliphatic rings. The zero-order chi connectivity index (χ0) is 24.6. The molecule has 1 aliphatic heterocycles. The van der Waals surface area contributed by atoms with Crippen LogP contribution >= 0.6 is 0 Å². The molecule has 4 N–H and O–H groups in total. The number of imidazole rings is 1. The van der Waals surface area contributed by atoms with Crippen LogP contribution in [-0.2, 0) is 21.9 Å². The van der Waals surface area contributed by atoms with Crippen molar-refractivity contribution < 1.29 is 22.8 Å². The number of hydrogen-bond acceptors (Lipinski definition) is 6. The van der Waals surface area contributed by atoms with Crippen LogP contribution in [0.5, 0.6) is 0 Å². The summed E-state index contributed by atoms with van der Waals surface area (Å²) in [5.74, 6) is -2.08. The van der Waals surface area contributed by atoms with Gasteiger partial charge in [-0.3, -0.25) is 29.6 Å². The van der Waals surface area contributed by atoms with Crippen molar-refractivity contribution in [2.45, 2.75) is 24.7 Å². The summed E-state index contributed by atoms with van der Waals surface area (Å²) in [5.41, 5.74) is 11.7. The van der Waals surface area contributed by atoms with Crippen LogP contribution in [0, 0.1) is 12.8 Å². The Morgan fingerprint density at radius 1 is 1.15 bits per heavy atom. The van der Waals surface area contributed by atoms with Gasteiger partial charge < -0.3 is 10.3 Å². The Hall–Kier alpha value is -3.71. The maximum atomic E-state index is 12.9. The van der Waals surface area contributed by atoms with Gasteiger partial charge in [-0.1, -0.05) is 6.07 Å². The normalized spacial score (nSPS) is 15.4. The Bertz CT molecular complexity index is 1380. The van der Waals surface area contributed by atoms with E-state index in [0.29, 0.717) is 17.0 Å². The number of piperidine rings is 1. The van der Waals surface area contributed by atoms with Crippen molar-refractivity contribution in [1.82, 2.24) is 29.1 Å². The van der Waals surface area contributed by atoms with Crippen LogP contribution < -0.4 is 16.6 Å². The van der Waals surface area contributed by atoms with Crippen molar-refractivity contribution in [1.29, 1.82) is 0 Å². The lowest BCUT2D eigenvalue weighted by Crippen LogP contribution is -2.48. The van der Waals surface area contributed by atoms with Gasteiger partial charge in [0.2, 0.25) is 15.9 Å². The number of pyridine rings is 1. The first kappa shape index (κ1) is 23.4. The molecule has 12 nitrogen and oxygen atoms in total. The number of sulfonamides is 1. The van der Waals surface area contributed by atoms with Gasteiger partial charge in [0.25, 0.3) is 11.8 Å². The second-order valence-electron chi connectivity index (χ2n) is 8.13. The van der Waals surface area contributed by atoms with E-state index in [1.165, 1.54) is 28.2 Å². The van der Waals surface area contributed by atoms with E-state index >= 15 is 0 Å². The number of rotatable bonds is 5. The summed E-state index contributed by atoms with van der Waals surface area (Å²) in [6, 6.07) is 6.60. The van der Waals surface area contributed by atoms with E-state index in [1.54, 1.807) is 29.7 Å². The summed E-state index contributed by atoms with van der Waals surface area (Å²) < 4.78 is 30.1. The molecule has 3 aromatic heterocycles. The summed E-state index contributed by atoms with van der Waals surface area (Å²) in [7, 11) is -2.29. The Labute approximate surface area is 195 Å². The third-order valence-electron chi connectivity index (χ3n) is 5.91. The molecule has 0 radical (unpaired) electrons. The maximum Gasteiger partial charge on any atom is 0.288 e. The second-order valence-corrected chi connectivity index (χ2v) is 10.1. The zero-order valence-electron chi connectivity index (χ0n) is 18.7. The Balaban J connectivity index is 1.35. The van der Waals surface area contributed by atoms with Crippen molar-refractivity contribution in [2.24, 2.45) is 18.7 Å². The highest BCUT2D eigenvalue weighted by Gasteiger charge is 2.33. The number of nitrogens with zero attached hydrogens (tertiary/aromatic N) is 4. The topological polar surface area (TPSA) is 161 Å². The standard InChI is InChI=1S/C21H25N7O5S/c1-13-18(28-8-4-3-5-17(28)23-13)21(31)25-24-20(30)14-6-9-27(10-7-14)34(32,33)15-11-16(19(22)29)26(2)12-15/h3-5,8,11-12,14H,6-7,9-10H2,1-2H3,(H2,22,29)(H,24,30)(H,25,31). The number of hydrazine groups is 1. The lowest BCUT2D eigenvalue weighted by Gasteiger charge is -2.30. The first-order valence-electron chi connectivity index (χ1n) is 10.6. The van der Waals surface area contributed by atoms with Gasteiger partial charge in [0.1, 0.15) is 21.9 Å². The van der Waals surface area contributed by atoms with E-state index in [4.69, 9.17) is 5.73 Å². The molecule has 180 valence electrons.